The standard InChI is InChI=1S/C7H6N2.C5H5NO/c1-2-4-7-6(3-1)8-5-9-7;7-5-3-1-2-4-6-5/h1-5H,(H,8,9);1-4H,(H,6,7). The molecule has 0 radical (unpaired) electrons. The minimum absolute atomic E-state index is 0.0532. The van der Waals surface area contributed by atoms with Gasteiger partial charge in [-0.3, -0.25) is 4.79 Å². The van der Waals surface area contributed by atoms with E-state index in [0.717, 1.165) is 11.0 Å². The first-order chi connectivity index (χ1) is 7.86. The van der Waals surface area contributed by atoms with Gasteiger partial charge in [0.2, 0.25) is 5.56 Å². The monoisotopic (exact) mass is 213 g/mol. The zero-order valence-electron chi connectivity index (χ0n) is 8.55. The lowest BCUT2D eigenvalue weighted by atomic mass is 10.3. The van der Waals surface area contributed by atoms with Crippen LogP contribution in [-0.4, -0.2) is 15.0 Å². The van der Waals surface area contributed by atoms with E-state index in [-0.39, 0.29) is 5.56 Å². The zero-order valence-corrected chi connectivity index (χ0v) is 8.55. The van der Waals surface area contributed by atoms with Gasteiger partial charge in [-0.15, -0.1) is 0 Å². The molecule has 0 saturated heterocycles. The Hall–Kier alpha value is -2.36. The summed E-state index contributed by atoms with van der Waals surface area (Å²) in [5, 5.41) is 0. The van der Waals surface area contributed by atoms with Crippen LogP contribution in [0.2, 0.25) is 0 Å². The predicted molar refractivity (Wildman–Crippen MR) is 63.2 cm³/mol. The molecule has 0 aliphatic heterocycles. The minimum Gasteiger partial charge on any atom is -0.345 e. The highest BCUT2D eigenvalue weighted by Gasteiger charge is 1.88. The van der Waals surface area contributed by atoms with Gasteiger partial charge in [-0.25, -0.2) is 4.98 Å². The van der Waals surface area contributed by atoms with Gasteiger partial charge in [0, 0.05) is 12.3 Å². The van der Waals surface area contributed by atoms with E-state index in [1.807, 2.05) is 24.3 Å². The van der Waals surface area contributed by atoms with Gasteiger partial charge in [0.25, 0.3) is 0 Å². The summed E-state index contributed by atoms with van der Waals surface area (Å²) in [5.74, 6) is 0. The van der Waals surface area contributed by atoms with Crippen LogP contribution in [0.1, 0.15) is 0 Å². The van der Waals surface area contributed by atoms with Gasteiger partial charge in [0.15, 0.2) is 0 Å². The van der Waals surface area contributed by atoms with Crippen LogP contribution in [0, 0.1) is 0 Å². The van der Waals surface area contributed by atoms with E-state index >= 15 is 0 Å². The molecule has 0 aliphatic rings. The molecule has 2 N–H and O–H groups in total. The van der Waals surface area contributed by atoms with Crippen molar-refractivity contribution in [1.29, 1.82) is 0 Å². The van der Waals surface area contributed by atoms with Gasteiger partial charge in [-0.1, -0.05) is 18.2 Å². The first-order valence-electron chi connectivity index (χ1n) is 4.88. The number of nitrogens with one attached hydrogen (secondary N) is 2. The molecule has 2 heterocycles. The fourth-order valence-corrected chi connectivity index (χ4v) is 1.26. The summed E-state index contributed by atoms with van der Waals surface area (Å²) in [6, 6.07) is 12.9. The van der Waals surface area contributed by atoms with Gasteiger partial charge >= 0.3 is 0 Å². The molecule has 0 fully saturated rings. The van der Waals surface area contributed by atoms with Crippen LogP contribution in [0.3, 0.4) is 0 Å². The van der Waals surface area contributed by atoms with Crippen molar-refractivity contribution in [2.45, 2.75) is 0 Å². The van der Waals surface area contributed by atoms with Crippen LogP contribution in [0.25, 0.3) is 11.0 Å². The maximum atomic E-state index is 10.2. The van der Waals surface area contributed by atoms with Crippen molar-refractivity contribution >= 4 is 11.0 Å². The number of hydrogen-bond acceptors (Lipinski definition) is 2. The second-order valence-corrected chi connectivity index (χ2v) is 3.15. The maximum Gasteiger partial charge on any atom is 0.247 e. The first-order valence-corrected chi connectivity index (χ1v) is 4.88. The number of imidazole rings is 1. The lowest BCUT2D eigenvalue weighted by Gasteiger charge is -1.81. The third-order valence-electron chi connectivity index (χ3n) is 2.01. The zero-order chi connectivity index (χ0) is 11.2. The van der Waals surface area contributed by atoms with Crippen LogP contribution in [0.5, 0.6) is 0 Å². The second kappa shape index (κ2) is 4.93. The largest absolute Gasteiger partial charge is 0.345 e. The van der Waals surface area contributed by atoms with Crippen LogP contribution in [0.15, 0.2) is 59.8 Å². The van der Waals surface area contributed by atoms with E-state index < -0.39 is 0 Å². The molecule has 1 aromatic carbocycles. The second-order valence-electron chi connectivity index (χ2n) is 3.15. The van der Waals surface area contributed by atoms with Crippen LogP contribution in [0.4, 0.5) is 0 Å². The quantitative estimate of drug-likeness (QED) is 0.599. The number of aromatic nitrogens is 3. The number of aromatic amines is 2. The number of nitrogens with zero attached hydrogens (tertiary/aromatic N) is 1. The molecular formula is C12H11N3O. The lowest BCUT2D eigenvalue weighted by molar-refractivity contribution is 1.24. The molecule has 0 aliphatic carbocycles. The molecule has 3 rings (SSSR count). The average Bonchev–Trinajstić information content (AvgIpc) is 2.79. The normalized spacial score (nSPS) is 9.50. The summed E-state index contributed by atoms with van der Waals surface area (Å²) in [6.07, 6.45) is 3.30. The van der Waals surface area contributed by atoms with Gasteiger partial charge in [-0.2, -0.15) is 0 Å². The summed E-state index contributed by atoms with van der Waals surface area (Å²) in [6.45, 7) is 0. The van der Waals surface area contributed by atoms with Crippen molar-refractivity contribution in [1.82, 2.24) is 15.0 Å². The maximum absolute atomic E-state index is 10.2. The fourth-order valence-electron chi connectivity index (χ4n) is 1.26. The SMILES string of the molecule is O=c1cccc[nH]1.c1ccc2[nH]cnc2c1. The molecule has 0 unspecified atom stereocenters. The average molecular weight is 213 g/mol. The van der Waals surface area contributed by atoms with E-state index in [1.165, 1.54) is 6.07 Å². The number of benzene rings is 1. The number of para-hydroxylation sites is 2. The highest BCUT2D eigenvalue weighted by Crippen LogP contribution is 2.05. The van der Waals surface area contributed by atoms with Crippen molar-refractivity contribution < 1.29 is 0 Å². The van der Waals surface area contributed by atoms with E-state index in [9.17, 15) is 4.79 Å². The minimum atomic E-state index is -0.0532. The molecule has 4 nitrogen and oxygen atoms in total. The van der Waals surface area contributed by atoms with E-state index in [4.69, 9.17) is 0 Å². The van der Waals surface area contributed by atoms with Gasteiger partial charge in [-0.05, 0) is 18.2 Å². The van der Waals surface area contributed by atoms with Crippen molar-refractivity contribution in [2.75, 3.05) is 0 Å². The van der Waals surface area contributed by atoms with E-state index in [0.29, 0.717) is 0 Å². The Morgan fingerprint density at radius 2 is 1.75 bits per heavy atom. The Kier molecular flexibility index (Phi) is 3.13. The Morgan fingerprint density at radius 1 is 0.938 bits per heavy atom. The Balaban J connectivity index is 0.000000125. The molecule has 16 heavy (non-hydrogen) atoms. The summed E-state index contributed by atoms with van der Waals surface area (Å²) >= 11 is 0. The molecule has 0 amide bonds. The third kappa shape index (κ3) is 2.57. The van der Waals surface area contributed by atoms with Gasteiger partial charge < -0.3 is 9.97 Å². The van der Waals surface area contributed by atoms with Crippen LogP contribution < -0.4 is 5.56 Å². The molecule has 2 aromatic heterocycles. The summed E-state index contributed by atoms with van der Waals surface area (Å²) in [7, 11) is 0. The third-order valence-corrected chi connectivity index (χ3v) is 2.01. The molecule has 80 valence electrons. The van der Waals surface area contributed by atoms with E-state index in [1.54, 1.807) is 24.7 Å². The molecule has 0 spiro atoms. The van der Waals surface area contributed by atoms with Crippen molar-refractivity contribution in [3.05, 3.63) is 65.3 Å². The summed E-state index contributed by atoms with van der Waals surface area (Å²) < 4.78 is 0. The molecule has 4 heteroatoms. The van der Waals surface area contributed by atoms with Crippen molar-refractivity contribution in [3.8, 4) is 0 Å². The Morgan fingerprint density at radius 3 is 2.38 bits per heavy atom. The van der Waals surface area contributed by atoms with Crippen molar-refractivity contribution in [2.24, 2.45) is 0 Å². The Labute approximate surface area is 92.0 Å². The predicted octanol–water partition coefficient (Wildman–Crippen LogP) is 1.94. The molecular weight excluding hydrogens is 202 g/mol. The molecule has 3 aromatic rings. The van der Waals surface area contributed by atoms with Crippen molar-refractivity contribution in [3.63, 3.8) is 0 Å². The molecule has 0 atom stereocenters. The number of pyridine rings is 1. The number of H-pyrrole nitrogens is 2. The molecule has 0 saturated carbocycles. The van der Waals surface area contributed by atoms with Gasteiger partial charge in [0.05, 0.1) is 17.4 Å². The Bertz CT molecular complexity index is 565. The number of hydrogen-bond donors (Lipinski definition) is 2. The number of rotatable bonds is 0. The van der Waals surface area contributed by atoms with E-state index in [2.05, 4.69) is 15.0 Å². The summed E-state index contributed by atoms with van der Waals surface area (Å²) in [4.78, 5) is 19.8. The molecule has 0 bridgehead atoms. The topological polar surface area (TPSA) is 61.5 Å². The number of fused-ring (bicyclic) bond motifs is 1. The summed E-state index contributed by atoms with van der Waals surface area (Å²) in [5.41, 5.74) is 2.07. The smallest absolute Gasteiger partial charge is 0.247 e. The fraction of sp³-hybridized carbons (Fsp3) is 0. The highest BCUT2D eigenvalue weighted by atomic mass is 16.1. The van der Waals surface area contributed by atoms with Crippen LogP contribution >= 0.6 is 0 Å². The lowest BCUT2D eigenvalue weighted by Crippen LogP contribution is -1.98. The first kappa shape index (κ1) is 10.2. The van der Waals surface area contributed by atoms with Gasteiger partial charge in [0.1, 0.15) is 0 Å². The highest BCUT2D eigenvalue weighted by molar-refractivity contribution is 5.73. The van der Waals surface area contributed by atoms with Crippen LogP contribution in [-0.2, 0) is 0 Å².